The molecule has 2 aliphatic rings. The van der Waals surface area contributed by atoms with Crippen molar-refractivity contribution < 1.29 is 9.53 Å². The van der Waals surface area contributed by atoms with Crippen molar-refractivity contribution in [2.24, 2.45) is 16.7 Å². The molecular formula is C18H25NO2. The molecule has 3 unspecified atom stereocenters. The van der Waals surface area contributed by atoms with Gasteiger partial charge in [0.15, 0.2) is 0 Å². The Morgan fingerprint density at radius 1 is 1.33 bits per heavy atom. The van der Waals surface area contributed by atoms with Crippen LogP contribution in [0.2, 0.25) is 0 Å². The zero-order valence-corrected chi connectivity index (χ0v) is 13.2. The second-order valence-corrected chi connectivity index (χ2v) is 7.46. The van der Waals surface area contributed by atoms with Crippen molar-refractivity contribution in [2.75, 3.05) is 5.73 Å². The fourth-order valence-corrected chi connectivity index (χ4v) is 4.36. The van der Waals surface area contributed by atoms with Gasteiger partial charge in [-0.05, 0) is 42.2 Å². The van der Waals surface area contributed by atoms with E-state index in [1.165, 1.54) is 6.42 Å². The van der Waals surface area contributed by atoms with Gasteiger partial charge in [0, 0.05) is 11.1 Å². The maximum atomic E-state index is 12.3. The van der Waals surface area contributed by atoms with Gasteiger partial charge in [-0.1, -0.05) is 39.0 Å². The van der Waals surface area contributed by atoms with E-state index in [0.717, 1.165) is 18.4 Å². The number of rotatable bonds is 3. The van der Waals surface area contributed by atoms with Gasteiger partial charge in [-0.3, -0.25) is 4.79 Å². The van der Waals surface area contributed by atoms with E-state index < -0.39 is 0 Å². The summed E-state index contributed by atoms with van der Waals surface area (Å²) in [6.45, 7) is 6.94. The number of hydrogen-bond acceptors (Lipinski definition) is 3. The molecule has 2 bridgehead atoms. The van der Waals surface area contributed by atoms with Crippen molar-refractivity contribution in [3.05, 3.63) is 29.8 Å². The quantitative estimate of drug-likeness (QED) is 0.683. The molecule has 0 amide bonds. The average Bonchev–Trinajstić information content (AvgIpc) is 2.74. The van der Waals surface area contributed by atoms with Gasteiger partial charge in [-0.25, -0.2) is 0 Å². The highest BCUT2D eigenvalue weighted by Crippen LogP contribution is 2.66. The Labute approximate surface area is 126 Å². The lowest BCUT2D eigenvalue weighted by molar-refractivity contribution is -0.156. The summed E-state index contributed by atoms with van der Waals surface area (Å²) in [7, 11) is 0. The Kier molecular flexibility index (Phi) is 3.27. The highest BCUT2D eigenvalue weighted by Gasteiger charge is 2.62. The van der Waals surface area contributed by atoms with Crippen LogP contribution in [0.15, 0.2) is 24.3 Å². The van der Waals surface area contributed by atoms with Crippen LogP contribution in [-0.2, 0) is 16.0 Å². The summed E-state index contributed by atoms with van der Waals surface area (Å²) in [5, 5.41) is 0. The molecule has 0 aromatic heterocycles. The Hall–Kier alpha value is -1.51. The zero-order valence-electron chi connectivity index (χ0n) is 13.2. The second-order valence-electron chi connectivity index (χ2n) is 7.46. The first kappa shape index (κ1) is 14.4. The summed E-state index contributed by atoms with van der Waals surface area (Å²) in [5.41, 5.74) is 7.80. The van der Waals surface area contributed by atoms with Crippen molar-refractivity contribution in [1.82, 2.24) is 0 Å². The second kappa shape index (κ2) is 4.75. The van der Waals surface area contributed by atoms with Crippen molar-refractivity contribution in [3.8, 4) is 0 Å². The molecular weight excluding hydrogens is 262 g/mol. The van der Waals surface area contributed by atoms with Crippen LogP contribution in [0.25, 0.3) is 0 Å². The highest BCUT2D eigenvalue weighted by molar-refractivity contribution is 5.75. The van der Waals surface area contributed by atoms with Gasteiger partial charge in [-0.2, -0.15) is 0 Å². The maximum Gasteiger partial charge on any atom is 0.310 e. The number of ether oxygens (including phenoxy) is 1. The Morgan fingerprint density at radius 3 is 2.62 bits per heavy atom. The summed E-state index contributed by atoms with van der Waals surface area (Å²) in [5.74, 6) is 0.532. The first-order chi connectivity index (χ1) is 9.84. The molecule has 0 spiro atoms. The monoisotopic (exact) mass is 287 g/mol. The Morgan fingerprint density at radius 2 is 2.05 bits per heavy atom. The van der Waals surface area contributed by atoms with Crippen molar-refractivity contribution in [1.29, 1.82) is 0 Å². The van der Waals surface area contributed by atoms with Crippen molar-refractivity contribution in [3.63, 3.8) is 0 Å². The fraction of sp³-hybridized carbons (Fsp3) is 0.611. The number of anilines is 1. The van der Waals surface area contributed by atoms with Gasteiger partial charge in [-0.15, -0.1) is 0 Å². The summed E-state index contributed by atoms with van der Waals surface area (Å²) in [6.07, 6.45) is 3.77. The van der Waals surface area contributed by atoms with Crippen LogP contribution >= 0.6 is 0 Å². The molecule has 3 rings (SSSR count). The molecule has 3 atom stereocenters. The van der Waals surface area contributed by atoms with Crippen molar-refractivity contribution in [2.45, 2.75) is 52.6 Å². The SMILES string of the molecule is CC1(C)C2CCC1(C)C(OC(=O)Cc1ccccc1N)C2. The topological polar surface area (TPSA) is 52.3 Å². The van der Waals surface area contributed by atoms with E-state index in [1.807, 2.05) is 24.3 Å². The highest BCUT2D eigenvalue weighted by atomic mass is 16.5. The van der Waals surface area contributed by atoms with E-state index in [4.69, 9.17) is 10.5 Å². The van der Waals surface area contributed by atoms with Gasteiger partial charge in [0.1, 0.15) is 6.10 Å². The van der Waals surface area contributed by atoms with E-state index >= 15 is 0 Å². The van der Waals surface area contributed by atoms with Gasteiger partial charge in [0.2, 0.25) is 0 Å². The first-order valence-corrected chi connectivity index (χ1v) is 7.87. The summed E-state index contributed by atoms with van der Waals surface area (Å²) >= 11 is 0. The first-order valence-electron chi connectivity index (χ1n) is 7.87. The van der Waals surface area contributed by atoms with Crippen LogP contribution in [0.1, 0.15) is 45.6 Å². The molecule has 1 aromatic rings. The van der Waals surface area contributed by atoms with Gasteiger partial charge in [0.25, 0.3) is 0 Å². The number of nitrogens with two attached hydrogens (primary N) is 1. The van der Waals surface area contributed by atoms with Crippen LogP contribution in [0.4, 0.5) is 5.69 Å². The number of esters is 1. The lowest BCUT2D eigenvalue weighted by atomic mass is 9.70. The minimum atomic E-state index is -0.150. The van der Waals surface area contributed by atoms with Gasteiger partial charge >= 0.3 is 5.97 Å². The van der Waals surface area contributed by atoms with Gasteiger partial charge < -0.3 is 10.5 Å². The summed E-state index contributed by atoms with van der Waals surface area (Å²) in [6, 6.07) is 7.50. The molecule has 1 aromatic carbocycles. The number of nitrogen functional groups attached to an aromatic ring is 1. The minimum absolute atomic E-state index is 0.0590. The van der Waals surface area contributed by atoms with Crippen LogP contribution in [0.5, 0.6) is 0 Å². The van der Waals surface area contributed by atoms with Crippen LogP contribution in [-0.4, -0.2) is 12.1 Å². The van der Waals surface area contributed by atoms with Crippen LogP contribution < -0.4 is 5.73 Å². The molecule has 21 heavy (non-hydrogen) atoms. The van der Waals surface area contributed by atoms with Crippen molar-refractivity contribution >= 4 is 11.7 Å². The molecule has 114 valence electrons. The van der Waals surface area contributed by atoms with E-state index in [0.29, 0.717) is 11.6 Å². The number of fused-ring (bicyclic) bond motifs is 2. The van der Waals surface area contributed by atoms with E-state index in [-0.39, 0.29) is 29.3 Å². The predicted molar refractivity (Wildman–Crippen MR) is 83.7 cm³/mol. The standard InChI is InChI=1S/C18H25NO2/c1-17(2)13-8-9-18(17,3)15(11-13)21-16(20)10-12-6-4-5-7-14(12)19/h4-7,13,15H,8-11,19H2,1-3H3. The normalized spacial score (nSPS) is 33.1. The molecule has 2 saturated carbocycles. The third kappa shape index (κ3) is 2.14. The zero-order chi connectivity index (χ0) is 15.3. The maximum absolute atomic E-state index is 12.3. The Balaban J connectivity index is 1.68. The number of para-hydroxylation sites is 1. The van der Waals surface area contributed by atoms with E-state index in [9.17, 15) is 4.79 Å². The van der Waals surface area contributed by atoms with Crippen LogP contribution in [0, 0.1) is 16.7 Å². The largest absolute Gasteiger partial charge is 0.462 e. The molecule has 0 aliphatic heterocycles. The van der Waals surface area contributed by atoms with E-state index in [1.54, 1.807) is 0 Å². The summed E-state index contributed by atoms with van der Waals surface area (Å²) in [4.78, 5) is 12.3. The molecule has 0 radical (unpaired) electrons. The summed E-state index contributed by atoms with van der Waals surface area (Å²) < 4.78 is 5.85. The van der Waals surface area contributed by atoms with Gasteiger partial charge in [0.05, 0.1) is 6.42 Å². The molecule has 2 aliphatic carbocycles. The molecule has 0 saturated heterocycles. The number of carbonyl (C=O) groups excluding carboxylic acids is 1. The Bertz CT molecular complexity index is 566. The fourth-order valence-electron chi connectivity index (χ4n) is 4.36. The third-order valence-electron chi connectivity index (χ3n) is 6.38. The number of hydrogen-bond donors (Lipinski definition) is 1. The van der Waals surface area contributed by atoms with E-state index in [2.05, 4.69) is 20.8 Å². The average molecular weight is 287 g/mol. The third-order valence-corrected chi connectivity index (χ3v) is 6.38. The molecule has 0 heterocycles. The lowest BCUT2D eigenvalue weighted by Gasteiger charge is -2.38. The lowest BCUT2D eigenvalue weighted by Crippen LogP contribution is -2.38. The van der Waals surface area contributed by atoms with Crippen LogP contribution in [0.3, 0.4) is 0 Å². The minimum Gasteiger partial charge on any atom is -0.462 e. The number of benzene rings is 1. The molecule has 3 heteroatoms. The molecule has 2 fully saturated rings. The molecule has 3 nitrogen and oxygen atoms in total. The smallest absolute Gasteiger partial charge is 0.310 e. The number of carbonyl (C=O) groups is 1. The molecule has 2 N–H and O–H groups in total. The predicted octanol–water partition coefficient (Wildman–Crippen LogP) is 3.57.